The van der Waals surface area contributed by atoms with Crippen molar-refractivity contribution in [3.8, 4) is 0 Å². The Morgan fingerprint density at radius 2 is 1.68 bits per heavy atom. The number of benzene rings is 2. The molecule has 3 aromatic rings. The largest absolute Gasteiger partial charge is 0.347 e. The molecule has 0 saturated carbocycles. The highest BCUT2D eigenvalue weighted by molar-refractivity contribution is 5.93. The number of carbonyl (C=O) groups is 2. The molecule has 1 aromatic heterocycles. The Labute approximate surface area is 163 Å². The maximum absolute atomic E-state index is 12.5. The van der Waals surface area contributed by atoms with Crippen LogP contribution in [0.4, 0.5) is 17.2 Å². The van der Waals surface area contributed by atoms with E-state index in [1.807, 2.05) is 42.5 Å². The molecule has 7 nitrogen and oxygen atoms in total. The number of hydrogen-bond acceptors (Lipinski definition) is 5. The van der Waals surface area contributed by atoms with E-state index in [2.05, 4.69) is 25.9 Å². The van der Waals surface area contributed by atoms with Crippen LogP contribution < -0.4 is 16.0 Å². The van der Waals surface area contributed by atoms with Gasteiger partial charge in [-0.1, -0.05) is 36.4 Å². The molecule has 7 heteroatoms. The van der Waals surface area contributed by atoms with Crippen LogP contribution in [0.15, 0.2) is 60.7 Å². The zero-order valence-corrected chi connectivity index (χ0v) is 15.7. The first-order valence-corrected chi connectivity index (χ1v) is 8.82. The van der Waals surface area contributed by atoms with Crippen molar-refractivity contribution >= 4 is 29.0 Å². The van der Waals surface area contributed by atoms with E-state index >= 15 is 0 Å². The van der Waals surface area contributed by atoms with E-state index in [9.17, 15) is 9.59 Å². The summed E-state index contributed by atoms with van der Waals surface area (Å²) in [6, 6.07) is 18.5. The quantitative estimate of drug-likeness (QED) is 0.613. The maximum atomic E-state index is 12.5. The summed E-state index contributed by atoms with van der Waals surface area (Å²) in [5.74, 6) is 0.557. The molecule has 2 amide bonds. The lowest BCUT2D eigenvalue weighted by atomic mass is 10.2. The summed E-state index contributed by atoms with van der Waals surface area (Å²) in [6.45, 7) is 3.60. The van der Waals surface area contributed by atoms with Crippen molar-refractivity contribution in [3.63, 3.8) is 0 Å². The molecule has 1 heterocycles. The predicted molar refractivity (Wildman–Crippen MR) is 108 cm³/mol. The van der Waals surface area contributed by atoms with E-state index in [0.29, 0.717) is 23.9 Å². The number of hydrogen-bond donors (Lipinski definition) is 3. The van der Waals surface area contributed by atoms with Crippen LogP contribution in [-0.2, 0) is 11.3 Å². The zero-order chi connectivity index (χ0) is 19.9. The van der Waals surface area contributed by atoms with Gasteiger partial charge in [0.2, 0.25) is 5.91 Å². The second-order valence-electron chi connectivity index (χ2n) is 6.24. The van der Waals surface area contributed by atoms with Gasteiger partial charge in [-0.2, -0.15) is 0 Å². The van der Waals surface area contributed by atoms with Crippen molar-refractivity contribution in [1.29, 1.82) is 0 Å². The molecule has 2 aromatic carbocycles. The molecule has 0 atom stereocenters. The van der Waals surface area contributed by atoms with Gasteiger partial charge in [-0.3, -0.25) is 9.59 Å². The van der Waals surface area contributed by atoms with Crippen LogP contribution in [0.25, 0.3) is 0 Å². The molecule has 0 fully saturated rings. The smallest absolute Gasteiger partial charge is 0.270 e. The molecule has 3 N–H and O–H groups in total. The lowest BCUT2D eigenvalue weighted by molar-refractivity contribution is -0.114. The Morgan fingerprint density at radius 3 is 2.43 bits per heavy atom. The van der Waals surface area contributed by atoms with Gasteiger partial charge in [-0.05, 0) is 30.7 Å². The minimum atomic E-state index is -0.274. The van der Waals surface area contributed by atoms with Crippen LogP contribution in [0.1, 0.15) is 28.8 Å². The number of rotatable bonds is 6. The van der Waals surface area contributed by atoms with Crippen molar-refractivity contribution in [1.82, 2.24) is 15.3 Å². The topological polar surface area (TPSA) is 96.0 Å². The van der Waals surface area contributed by atoms with E-state index in [4.69, 9.17) is 0 Å². The Bertz CT molecular complexity index is 989. The van der Waals surface area contributed by atoms with Gasteiger partial charge >= 0.3 is 0 Å². The molecule has 0 spiro atoms. The van der Waals surface area contributed by atoms with E-state index in [1.54, 1.807) is 25.1 Å². The first-order valence-electron chi connectivity index (χ1n) is 8.82. The van der Waals surface area contributed by atoms with Crippen LogP contribution >= 0.6 is 0 Å². The average molecular weight is 375 g/mol. The lowest BCUT2D eigenvalue weighted by Gasteiger charge is -2.10. The van der Waals surface area contributed by atoms with Gasteiger partial charge in [0.15, 0.2) is 0 Å². The summed E-state index contributed by atoms with van der Waals surface area (Å²) in [5.41, 5.74) is 2.70. The molecule has 0 aliphatic carbocycles. The first kappa shape index (κ1) is 19.0. The maximum Gasteiger partial charge on any atom is 0.270 e. The van der Waals surface area contributed by atoms with Crippen LogP contribution in [0.3, 0.4) is 0 Å². The summed E-state index contributed by atoms with van der Waals surface area (Å²) in [7, 11) is 0. The normalized spacial score (nSPS) is 10.2. The third kappa shape index (κ3) is 5.38. The summed E-state index contributed by atoms with van der Waals surface area (Å²) in [4.78, 5) is 32.2. The average Bonchev–Trinajstić information content (AvgIpc) is 2.66. The van der Waals surface area contributed by atoms with E-state index in [1.165, 1.54) is 6.92 Å². The molecular weight excluding hydrogens is 354 g/mol. The summed E-state index contributed by atoms with van der Waals surface area (Å²) in [5, 5.41) is 8.73. The Morgan fingerprint density at radius 1 is 0.929 bits per heavy atom. The molecule has 0 aliphatic rings. The van der Waals surface area contributed by atoms with Crippen LogP contribution in [0.5, 0.6) is 0 Å². The molecule has 0 radical (unpaired) electrons. The first-order chi connectivity index (χ1) is 13.5. The molecule has 0 bridgehead atoms. The van der Waals surface area contributed by atoms with Crippen molar-refractivity contribution in [2.24, 2.45) is 0 Å². The van der Waals surface area contributed by atoms with Gasteiger partial charge in [-0.15, -0.1) is 0 Å². The van der Waals surface area contributed by atoms with Gasteiger partial charge in [-0.25, -0.2) is 9.97 Å². The zero-order valence-electron chi connectivity index (χ0n) is 15.7. The van der Waals surface area contributed by atoms with Gasteiger partial charge in [0.1, 0.15) is 17.3 Å². The molecular formula is C21H21N5O2. The second-order valence-corrected chi connectivity index (χ2v) is 6.24. The third-order valence-electron chi connectivity index (χ3n) is 3.82. The Balaban J connectivity index is 1.72. The Kier molecular flexibility index (Phi) is 5.96. The minimum Gasteiger partial charge on any atom is -0.347 e. The van der Waals surface area contributed by atoms with Crippen LogP contribution in [0, 0.1) is 6.92 Å². The van der Waals surface area contributed by atoms with E-state index in [-0.39, 0.29) is 17.5 Å². The standard InChI is InChI=1S/C21H21N5O2/c1-14-23-19(21(28)22-13-16-7-4-3-5-8-16)12-20(24-14)26-18-10-6-9-17(11-18)25-15(2)27/h3-12H,13H2,1-2H3,(H,22,28)(H,25,27)(H,23,24,26). The van der Waals surface area contributed by atoms with Crippen molar-refractivity contribution in [2.75, 3.05) is 10.6 Å². The molecule has 28 heavy (non-hydrogen) atoms. The monoisotopic (exact) mass is 375 g/mol. The molecule has 0 saturated heterocycles. The lowest BCUT2D eigenvalue weighted by Crippen LogP contribution is -2.24. The number of nitrogens with one attached hydrogen (secondary N) is 3. The number of aromatic nitrogens is 2. The fourth-order valence-corrected chi connectivity index (χ4v) is 2.64. The van der Waals surface area contributed by atoms with Crippen molar-refractivity contribution in [3.05, 3.63) is 77.7 Å². The number of carbonyl (C=O) groups excluding carboxylic acids is 2. The Hall–Kier alpha value is -3.74. The second kappa shape index (κ2) is 8.77. The van der Waals surface area contributed by atoms with Gasteiger partial charge in [0.25, 0.3) is 5.91 Å². The summed E-state index contributed by atoms with van der Waals surface area (Å²) >= 11 is 0. The highest BCUT2D eigenvalue weighted by Gasteiger charge is 2.11. The number of anilines is 3. The van der Waals surface area contributed by atoms with Crippen molar-refractivity contribution in [2.45, 2.75) is 20.4 Å². The van der Waals surface area contributed by atoms with Crippen LogP contribution in [0.2, 0.25) is 0 Å². The molecule has 0 aliphatic heterocycles. The van der Waals surface area contributed by atoms with Gasteiger partial charge in [0, 0.05) is 30.9 Å². The molecule has 142 valence electrons. The predicted octanol–water partition coefficient (Wildman–Crippen LogP) is 3.42. The van der Waals surface area contributed by atoms with Gasteiger partial charge < -0.3 is 16.0 Å². The van der Waals surface area contributed by atoms with E-state index in [0.717, 1.165) is 11.3 Å². The number of nitrogens with zero attached hydrogens (tertiary/aromatic N) is 2. The number of aryl methyl sites for hydroxylation is 1. The highest BCUT2D eigenvalue weighted by atomic mass is 16.2. The fraction of sp³-hybridized carbons (Fsp3) is 0.143. The van der Waals surface area contributed by atoms with Gasteiger partial charge in [0.05, 0.1) is 0 Å². The summed E-state index contributed by atoms with van der Waals surface area (Å²) in [6.07, 6.45) is 0. The molecule has 3 rings (SSSR count). The number of amides is 2. The fourth-order valence-electron chi connectivity index (χ4n) is 2.64. The minimum absolute atomic E-state index is 0.146. The molecule has 0 unspecified atom stereocenters. The van der Waals surface area contributed by atoms with E-state index < -0.39 is 0 Å². The third-order valence-corrected chi connectivity index (χ3v) is 3.82. The highest BCUT2D eigenvalue weighted by Crippen LogP contribution is 2.19. The SMILES string of the molecule is CC(=O)Nc1cccc(Nc2cc(C(=O)NCc3ccccc3)nc(C)n2)c1. The summed E-state index contributed by atoms with van der Waals surface area (Å²) < 4.78 is 0. The van der Waals surface area contributed by atoms with Crippen LogP contribution in [-0.4, -0.2) is 21.8 Å². The van der Waals surface area contributed by atoms with Crippen molar-refractivity contribution < 1.29 is 9.59 Å².